The summed E-state index contributed by atoms with van der Waals surface area (Å²) in [5.41, 5.74) is 0. The second-order valence-electron chi connectivity index (χ2n) is 6.22. The average molecular weight is 255 g/mol. The van der Waals surface area contributed by atoms with Gasteiger partial charge in [-0.25, -0.2) is 4.79 Å². The summed E-state index contributed by atoms with van der Waals surface area (Å²) < 4.78 is 10.9. The Hall–Kier alpha value is -0.770. The third-order valence-corrected chi connectivity index (χ3v) is 4.03. The molecular formula is C14H25NO3. The highest BCUT2D eigenvalue weighted by atomic mass is 16.6. The third kappa shape index (κ3) is 2.79. The molecule has 0 aromatic carbocycles. The van der Waals surface area contributed by atoms with Crippen LogP contribution in [-0.2, 0) is 9.47 Å². The van der Waals surface area contributed by atoms with Gasteiger partial charge in [-0.1, -0.05) is 13.8 Å². The summed E-state index contributed by atoms with van der Waals surface area (Å²) in [6, 6.07) is 0. The van der Waals surface area contributed by atoms with Crippen LogP contribution in [-0.4, -0.2) is 43.4 Å². The molecule has 0 spiro atoms. The van der Waals surface area contributed by atoms with Crippen LogP contribution < -0.4 is 0 Å². The Morgan fingerprint density at radius 2 is 1.72 bits per heavy atom. The maximum absolute atomic E-state index is 12.0. The van der Waals surface area contributed by atoms with Crippen molar-refractivity contribution in [2.45, 2.75) is 33.8 Å². The number of carbonyl (C=O) groups excluding carboxylic acids is 1. The maximum atomic E-state index is 12.0. The number of ether oxygens (including phenoxy) is 2. The monoisotopic (exact) mass is 255 g/mol. The minimum Gasteiger partial charge on any atom is -0.447 e. The van der Waals surface area contributed by atoms with E-state index in [2.05, 4.69) is 13.8 Å². The number of nitrogens with zero attached hydrogens (tertiary/aromatic N) is 1. The molecule has 0 aliphatic carbocycles. The minimum absolute atomic E-state index is 0.0450. The first-order chi connectivity index (χ1) is 8.49. The number of fused-ring (bicyclic) bond motifs is 2. The molecule has 2 saturated heterocycles. The van der Waals surface area contributed by atoms with Gasteiger partial charge < -0.3 is 14.4 Å². The second kappa shape index (κ2) is 5.47. The zero-order chi connectivity index (χ0) is 13.3. The highest BCUT2D eigenvalue weighted by molar-refractivity contribution is 5.68. The van der Waals surface area contributed by atoms with Gasteiger partial charge >= 0.3 is 6.09 Å². The minimum atomic E-state index is -0.163. The Balaban J connectivity index is 2.02. The molecule has 0 aromatic rings. The molecule has 2 bridgehead atoms. The first-order valence-corrected chi connectivity index (χ1v) is 7.02. The van der Waals surface area contributed by atoms with Crippen molar-refractivity contribution in [1.29, 1.82) is 0 Å². The molecule has 2 fully saturated rings. The van der Waals surface area contributed by atoms with Crippen LogP contribution in [0.4, 0.5) is 4.79 Å². The van der Waals surface area contributed by atoms with Crippen LogP contribution in [0.15, 0.2) is 0 Å². The molecule has 18 heavy (non-hydrogen) atoms. The number of piperidine rings is 1. The van der Waals surface area contributed by atoms with Crippen molar-refractivity contribution in [1.82, 2.24) is 4.90 Å². The van der Waals surface area contributed by atoms with Crippen molar-refractivity contribution >= 4 is 6.09 Å². The van der Waals surface area contributed by atoms with E-state index in [1.165, 1.54) is 0 Å². The van der Waals surface area contributed by atoms with Gasteiger partial charge in [0.05, 0.1) is 19.3 Å². The van der Waals surface area contributed by atoms with Gasteiger partial charge in [-0.2, -0.15) is 0 Å². The van der Waals surface area contributed by atoms with Gasteiger partial charge in [0.15, 0.2) is 0 Å². The highest BCUT2D eigenvalue weighted by Gasteiger charge is 2.43. The lowest BCUT2D eigenvalue weighted by atomic mass is 9.71. The molecule has 104 valence electrons. The summed E-state index contributed by atoms with van der Waals surface area (Å²) in [6.07, 6.45) is -0.208. The van der Waals surface area contributed by atoms with Gasteiger partial charge in [0.2, 0.25) is 0 Å². The molecular weight excluding hydrogens is 230 g/mol. The Morgan fingerprint density at radius 1 is 1.17 bits per heavy atom. The second-order valence-corrected chi connectivity index (χ2v) is 6.22. The SMILES string of the molecule is CC(C)OC(=O)N1CC2COCC(C1)C2C(C)C. The van der Waals surface area contributed by atoms with Crippen LogP contribution in [0.2, 0.25) is 0 Å². The van der Waals surface area contributed by atoms with Crippen molar-refractivity contribution in [2.24, 2.45) is 23.7 Å². The summed E-state index contributed by atoms with van der Waals surface area (Å²) in [4.78, 5) is 13.9. The molecule has 0 radical (unpaired) electrons. The Bertz CT molecular complexity index is 289. The lowest BCUT2D eigenvalue weighted by molar-refractivity contribution is -0.0939. The Morgan fingerprint density at radius 3 is 2.17 bits per heavy atom. The van der Waals surface area contributed by atoms with Gasteiger partial charge in [0.25, 0.3) is 0 Å². The van der Waals surface area contributed by atoms with E-state index in [0.717, 1.165) is 26.3 Å². The summed E-state index contributed by atoms with van der Waals surface area (Å²) in [5, 5.41) is 0. The van der Waals surface area contributed by atoms with Crippen molar-refractivity contribution in [2.75, 3.05) is 26.3 Å². The molecule has 0 N–H and O–H groups in total. The molecule has 2 heterocycles. The fourth-order valence-corrected chi connectivity index (χ4v) is 3.48. The van der Waals surface area contributed by atoms with Crippen LogP contribution in [0.25, 0.3) is 0 Å². The van der Waals surface area contributed by atoms with Crippen LogP contribution in [0.3, 0.4) is 0 Å². The molecule has 0 saturated carbocycles. The van der Waals surface area contributed by atoms with E-state index < -0.39 is 0 Å². The highest BCUT2D eigenvalue weighted by Crippen LogP contribution is 2.38. The number of rotatable bonds is 2. The fraction of sp³-hybridized carbons (Fsp3) is 0.929. The summed E-state index contributed by atoms with van der Waals surface area (Å²) in [6.45, 7) is 11.5. The van der Waals surface area contributed by atoms with E-state index in [9.17, 15) is 4.79 Å². The van der Waals surface area contributed by atoms with Crippen LogP contribution in [0, 0.1) is 23.7 Å². The summed E-state index contributed by atoms with van der Waals surface area (Å²) in [7, 11) is 0. The number of carbonyl (C=O) groups is 1. The summed E-state index contributed by atoms with van der Waals surface area (Å²) >= 11 is 0. The number of hydrogen-bond acceptors (Lipinski definition) is 3. The normalized spacial score (nSPS) is 31.9. The Labute approximate surface area is 110 Å². The first-order valence-electron chi connectivity index (χ1n) is 7.02. The molecule has 2 atom stereocenters. The van der Waals surface area contributed by atoms with E-state index in [4.69, 9.17) is 9.47 Å². The fourth-order valence-electron chi connectivity index (χ4n) is 3.48. The Kier molecular flexibility index (Phi) is 4.15. The smallest absolute Gasteiger partial charge is 0.410 e. The molecule has 4 heteroatoms. The number of likely N-dealkylation sites (tertiary alicyclic amines) is 1. The number of amides is 1. The van der Waals surface area contributed by atoms with Crippen molar-refractivity contribution < 1.29 is 14.3 Å². The third-order valence-electron chi connectivity index (χ3n) is 4.03. The maximum Gasteiger partial charge on any atom is 0.410 e. The largest absolute Gasteiger partial charge is 0.447 e. The van der Waals surface area contributed by atoms with Crippen molar-refractivity contribution in [3.8, 4) is 0 Å². The van der Waals surface area contributed by atoms with Crippen LogP contribution in [0.5, 0.6) is 0 Å². The standard InChI is InChI=1S/C14H25NO3/c1-9(2)13-11-5-15(14(16)18-10(3)4)6-12(13)8-17-7-11/h9-13H,5-8H2,1-4H3. The first kappa shape index (κ1) is 13.7. The molecule has 2 aliphatic rings. The van der Waals surface area contributed by atoms with E-state index >= 15 is 0 Å². The topological polar surface area (TPSA) is 38.8 Å². The van der Waals surface area contributed by atoms with Gasteiger partial charge in [0, 0.05) is 24.9 Å². The quantitative estimate of drug-likeness (QED) is 0.760. The van der Waals surface area contributed by atoms with Gasteiger partial charge in [-0.05, 0) is 25.7 Å². The molecule has 2 aliphatic heterocycles. The van der Waals surface area contributed by atoms with E-state index in [1.807, 2.05) is 18.7 Å². The molecule has 1 amide bonds. The van der Waals surface area contributed by atoms with Crippen LogP contribution in [0.1, 0.15) is 27.7 Å². The predicted molar refractivity (Wildman–Crippen MR) is 69.3 cm³/mol. The number of hydrogen-bond donors (Lipinski definition) is 0. The van der Waals surface area contributed by atoms with E-state index in [-0.39, 0.29) is 12.2 Å². The lowest BCUT2D eigenvalue weighted by Crippen LogP contribution is -2.55. The zero-order valence-corrected chi connectivity index (χ0v) is 11.9. The van der Waals surface area contributed by atoms with Crippen molar-refractivity contribution in [3.63, 3.8) is 0 Å². The van der Waals surface area contributed by atoms with Crippen LogP contribution >= 0.6 is 0 Å². The van der Waals surface area contributed by atoms with Crippen molar-refractivity contribution in [3.05, 3.63) is 0 Å². The molecule has 4 nitrogen and oxygen atoms in total. The van der Waals surface area contributed by atoms with Gasteiger partial charge in [-0.15, -0.1) is 0 Å². The predicted octanol–water partition coefficient (Wildman–Crippen LogP) is 2.38. The van der Waals surface area contributed by atoms with E-state index in [0.29, 0.717) is 23.7 Å². The molecule has 2 unspecified atom stereocenters. The molecule has 0 aromatic heterocycles. The lowest BCUT2D eigenvalue weighted by Gasteiger charge is -2.48. The van der Waals surface area contributed by atoms with E-state index in [1.54, 1.807) is 0 Å². The molecule has 2 rings (SSSR count). The zero-order valence-electron chi connectivity index (χ0n) is 11.9. The van der Waals surface area contributed by atoms with Gasteiger partial charge in [-0.3, -0.25) is 0 Å². The average Bonchev–Trinajstić information content (AvgIpc) is 2.25. The summed E-state index contributed by atoms with van der Waals surface area (Å²) in [5.74, 6) is 2.28. The van der Waals surface area contributed by atoms with Gasteiger partial charge in [0.1, 0.15) is 0 Å².